The molecule has 2 aromatic carbocycles. The monoisotopic (exact) mass is 371 g/mol. The predicted molar refractivity (Wildman–Crippen MR) is 90.4 cm³/mol. The summed E-state index contributed by atoms with van der Waals surface area (Å²) in [5, 5.41) is 12.8. The summed E-state index contributed by atoms with van der Waals surface area (Å²) in [7, 11) is 0. The highest BCUT2D eigenvalue weighted by Crippen LogP contribution is 2.24. The van der Waals surface area contributed by atoms with E-state index in [1.165, 1.54) is 18.2 Å². The van der Waals surface area contributed by atoms with Gasteiger partial charge in [0, 0.05) is 10.0 Å². The van der Waals surface area contributed by atoms with E-state index in [0.717, 1.165) is 0 Å². The van der Waals surface area contributed by atoms with Gasteiger partial charge in [-0.25, -0.2) is 0 Å². The molecule has 4 nitrogen and oxygen atoms in total. The Labute approximate surface area is 148 Å². The van der Waals surface area contributed by atoms with Crippen LogP contribution in [0.25, 0.3) is 0 Å². The Morgan fingerprint density at radius 3 is 2.35 bits per heavy atom. The van der Waals surface area contributed by atoms with Crippen LogP contribution in [-0.2, 0) is 4.79 Å². The molecule has 7 heteroatoms. The zero-order valence-corrected chi connectivity index (χ0v) is 14.0. The van der Waals surface area contributed by atoms with E-state index in [4.69, 9.17) is 39.9 Å². The number of hydrogen-bond donors (Lipinski definition) is 2. The van der Waals surface area contributed by atoms with Crippen molar-refractivity contribution >= 4 is 46.7 Å². The fourth-order valence-electron chi connectivity index (χ4n) is 2.06. The van der Waals surface area contributed by atoms with Crippen molar-refractivity contribution in [2.75, 3.05) is 0 Å². The average molecular weight is 373 g/mol. The lowest BCUT2D eigenvalue weighted by atomic mass is 10.0. The molecule has 0 aliphatic heterocycles. The molecule has 0 aliphatic rings. The van der Waals surface area contributed by atoms with Gasteiger partial charge in [-0.05, 0) is 35.9 Å². The van der Waals surface area contributed by atoms with Crippen molar-refractivity contribution in [3.05, 3.63) is 68.7 Å². The van der Waals surface area contributed by atoms with Crippen LogP contribution in [0.15, 0.2) is 42.5 Å². The number of halogens is 3. The van der Waals surface area contributed by atoms with Crippen molar-refractivity contribution < 1.29 is 14.7 Å². The number of aliphatic carboxylic acids is 1. The molecule has 0 aromatic heterocycles. The van der Waals surface area contributed by atoms with Crippen LogP contribution < -0.4 is 5.32 Å². The number of benzene rings is 2. The van der Waals surface area contributed by atoms with E-state index in [1.54, 1.807) is 24.3 Å². The van der Waals surface area contributed by atoms with Gasteiger partial charge in [-0.3, -0.25) is 9.59 Å². The second-order valence-corrected chi connectivity index (χ2v) is 6.08. The highest BCUT2D eigenvalue weighted by Gasteiger charge is 2.20. The summed E-state index contributed by atoms with van der Waals surface area (Å²) in [6.45, 7) is 0. The Hall–Kier alpha value is -1.75. The molecule has 0 saturated heterocycles. The quantitative estimate of drug-likeness (QED) is 0.806. The normalized spacial score (nSPS) is 11.8. The fourth-order valence-corrected chi connectivity index (χ4v) is 2.75. The predicted octanol–water partition coefficient (Wildman–Crippen LogP) is 4.59. The topological polar surface area (TPSA) is 66.4 Å². The Kier molecular flexibility index (Phi) is 5.88. The third-order valence-corrected chi connectivity index (χ3v) is 3.89. The molecule has 2 N–H and O–H groups in total. The first-order valence-corrected chi connectivity index (χ1v) is 7.73. The summed E-state index contributed by atoms with van der Waals surface area (Å²) in [6, 6.07) is 10.4. The van der Waals surface area contributed by atoms with E-state index in [0.29, 0.717) is 15.6 Å². The van der Waals surface area contributed by atoms with Crippen LogP contribution in [0, 0.1) is 0 Å². The fraction of sp³-hybridized carbons (Fsp3) is 0.125. The molecule has 0 heterocycles. The lowest BCUT2D eigenvalue weighted by Crippen LogP contribution is -2.30. The van der Waals surface area contributed by atoms with Gasteiger partial charge in [0.1, 0.15) is 0 Å². The third-order valence-electron chi connectivity index (χ3n) is 3.11. The van der Waals surface area contributed by atoms with Crippen molar-refractivity contribution in [1.29, 1.82) is 0 Å². The van der Waals surface area contributed by atoms with Crippen LogP contribution in [0.3, 0.4) is 0 Å². The zero-order valence-electron chi connectivity index (χ0n) is 11.7. The molecule has 0 bridgehead atoms. The summed E-state index contributed by atoms with van der Waals surface area (Å²) in [5.74, 6) is -1.53. The zero-order chi connectivity index (χ0) is 17.0. The summed E-state index contributed by atoms with van der Waals surface area (Å²) in [6.07, 6.45) is -0.280. The maximum Gasteiger partial charge on any atom is 0.305 e. The van der Waals surface area contributed by atoms with E-state index in [-0.39, 0.29) is 17.0 Å². The van der Waals surface area contributed by atoms with Gasteiger partial charge in [0.05, 0.1) is 23.0 Å². The van der Waals surface area contributed by atoms with Crippen molar-refractivity contribution in [3.8, 4) is 0 Å². The van der Waals surface area contributed by atoms with Gasteiger partial charge in [0.15, 0.2) is 0 Å². The van der Waals surface area contributed by atoms with Crippen molar-refractivity contribution in [2.45, 2.75) is 12.5 Å². The lowest BCUT2D eigenvalue weighted by molar-refractivity contribution is -0.137. The van der Waals surface area contributed by atoms with Gasteiger partial charge in [-0.1, -0.05) is 46.9 Å². The number of carbonyl (C=O) groups is 2. The Morgan fingerprint density at radius 1 is 1.04 bits per heavy atom. The minimum atomic E-state index is -1.04. The van der Waals surface area contributed by atoms with E-state index in [1.807, 2.05) is 0 Å². The maximum absolute atomic E-state index is 12.4. The standard InChI is InChI=1S/C16H12Cl3NO3/c17-10-3-1-2-9(6-10)14(8-15(21)22)20-16(23)12-5-4-11(18)7-13(12)19/h1-7,14H,8H2,(H,20,23)(H,21,22)/t14-/m0/s1. The van der Waals surface area contributed by atoms with Crippen molar-refractivity contribution in [1.82, 2.24) is 5.32 Å². The van der Waals surface area contributed by atoms with Crippen LogP contribution in [0.5, 0.6) is 0 Å². The van der Waals surface area contributed by atoms with E-state index >= 15 is 0 Å². The molecule has 0 aliphatic carbocycles. The molecule has 0 radical (unpaired) electrons. The number of amides is 1. The van der Waals surface area contributed by atoms with Crippen molar-refractivity contribution in [3.63, 3.8) is 0 Å². The highest BCUT2D eigenvalue weighted by molar-refractivity contribution is 6.36. The molecule has 0 unspecified atom stereocenters. The summed E-state index contributed by atoms with van der Waals surface area (Å²) < 4.78 is 0. The minimum absolute atomic E-state index is 0.190. The van der Waals surface area contributed by atoms with Gasteiger partial charge < -0.3 is 10.4 Å². The Bertz CT molecular complexity index is 749. The Balaban J connectivity index is 2.27. The van der Waals surface area contributed by atoms with Gasteiger partial charge in [0.25, 0.3) is 5.91 Å². The molecule has 0 spiro atoms. The molecule has 23 heavy (non-hydrogen) atoms. The smallest absolute Gasteiger partial charge is 0.305 e. The van der Waals surface area contributed by atoms with Gasteiger partial charge in [0.2, 0.25) is 0 Å². The summed E-state index contributed by atoms with van der Waals surface area (Å²) >= 11 is 17.7. The molecule has 2 rings (SSSR count). The van der Waals surface area contributed by atoms with Crippen LogP contribution >= 0.6 is 34.8 Å². The molecule has 2 aromatic rings. The first-order chi connectivity index (χ1) is 10.9. The molecule has 1 amide bonds. The van der Waals surface area contributed by atoms with Crippen LogP contribution in [0.4, 0.5) is 0 Å². The maximum atomic E-state index is 12.4. The lowest BCUT2D eigenvalue weighted by Gasteiger charge is -2.18. The Morgan fingerprint density at radius 2 is 1.74 bits per heavy atom. The van der Waals surface area contributed by atoms with E-state index in [9.17, 15) is 9.59 Å². The number of carboxylic acids is 1. The minimum Gasteiger partial charge on any atom is -0.481 e. The largest absolute Gasteiger partial charge is 0.481 e. The molecular weight excluding hydrogens is 361 g/mol. The first-order valence-electron chi connectivity index (χ1n) is 6.60. The molecular formula is C16H12Cl3NO3. The molecule has 1 atom stereocenters. The SMILES string of the molecule is O=C(O)C[C@H](NC(=O)c1ccc(Cl)cc1Cl)c1cccc(Cl)c1. The van der Waals surface area contributed by atoms with Crippen molar-refractivity contribution in [2.24, 2.45) is 0 Å². The number of rotatable bonds is 5. The molecule has 120 valence electrons. The van der Waals surface area contributed by atoms with E-state index < -0.39 is 17.9 Å². The summed E-state index contributed by atoms with van der Waals surface area (Å²) in [5.41, 5.74) is 0.812. The van der Waals surface area contributed by atoms with Gasteiger partial charge in [-0.15, -0.1) is 0 Å². The second kappa shape index (κ2) is 7.68. The van der Waals surface area contributed by atoms with Crippen LogP contribution in [0.2, 0.25) is 15.1 Å². The van der Waals surface area contributed by atoms with E-state index in [2.05, 4.69) is 5.32 Å². The van der Waals surface area contributed by atoms with Gasteiger partial charge >= 0.3 is 5.97 Å². The van der Waals surface area contributed by atoms with Crippen LogP contribution in [-0.4, -0.2) is 17.0 Å². The number of nitrogens with one attached hydrogen (secondary N) is 1. The number of carboxylic acid groups (broad SMARTS) is 1. The second-order valence-electron chi connectivity index (χ2n) is 4.80. The van der Waals surface area contributed by atoms with Gasteiger partial charge in [-0.2, -0.15) is 0 Å². The molecule has 0 saturated carbocycles. The third kappa shape index (κ3) is 4.86. The number of hydrogen-bond acceptors (Lipinski definition) is 2. The molecule has 0 fully saturated rings. The first kappa shape index (κ1) is 17.6. The summed E-state index contributed by atoms with van der Waals surface area (Å²) in [4.78, 5) is 23.4. The number of carbonyl (C=O) groups excluding carboxylic acids is 1. The average Bonchev–Trinajstić information content (AvgIpc) is 2.45. The highest BCUT2D eigenvalue weighted by atomic mass is 35.5. The van der Waals surface area contributed by atoms with Crippen LogP contribution in [0.1, 0.15) is 28.4 Å².